The number of piperazine rings is 1. The van der Waals surface area contributed by atoms with Gasteiger partial charge in [-0.15, -0.1) is 24.8 Å². The lowest BCUT2D eigenvalue weighted by Gasteiger charge is -2.45. The minimum atomic E-state index is -3.94. The highest BCUT2D eigenvalue weighted by Gasteiger charge is 2.54. The van der Waals surface area contributed by atoms with Crippen LogP contribution in [0.1, 0.15) is 25.7 Å². The number of piperidine rings is 1. The molecule has 0 atom stereocenters. The number of nitrogens with zero attached hydrogens (tertiary/aromatic N) is 3. The molecule has 9 nitrogen and oxygen atoms in total. The van der Waals surface area contributed by atoms with Gasteiger partial charge in [0.05, 0.1) is 0 Å². The molecule has 34 heavy (non-hydrogen) atoms. The van der Waals surface area contributed by atoms with Crippen molar-refractivity contribution in [1.29, 1.82) is 0 Å². The number of nitrogens with one attached hydrogen (secondary N) is 1. The van der Waals surface area contributed by atoms with Gasteiger partial charge < -0.3 is 9.64 Å². The number of anilines is 1. The molecule has 2 N–H and O–H groups in total. The number of carbonyl (C=O) groups excluding carboxylic acids is 1. The summed E-state index contributed by atoms with van der Waals surface area (Å²) in [5, 5.41) is 9.19. The Labute approximate surface area is 212 Å². The van der Waals surface area contributed by atoms with E-state index in [1.54, 1.807) is 17.6 Å². The van der Waals surface area contributed by atoms with Crippen LogP contribution in [0.3, 0.4) is 0 Å². The number of benzene rings is 1. The maximum atomic E-state index is 13.4. The van der Waals surface area contributed by atoms with Gasteiger partial charge in [0.2, 0.25) is 10.0 Å². The van der Waals surface area contributed by atoms with E-state index >= 15 is 0 Å². The van der Waals surface area contributed by atoms with E-state index in [9.17, 15) is 22.8 Å². The van der Waals surface area contributed by atoms with Gasteiger partial charge in [0.15, 0.2) is 4.75 Å². The maximum Gasteiger partial charge on any atom is 0.266 e. The first-order chi connectivity index (χ1) is 15.4. The fourth-order valence-electron chi connectivity index (χ4n) is 5.10. The van der Waals surface area contributed by atoms with Crippen LogP contribution in [0.4, 0.5) is 10.1 Å². The lowest BCUT2D eigenvalue weighted by Crippen LogP contribution is -2.61. The van der Waals surface area contributed by atoms with E-state index < -0.39 is 20.7 Å². The van der Waals surface area contributed by atoms with Crippen LogP contribution in [0.5, 0.6) is 0 Å². The molecule has 4 rings (SSSR count). The van der Waals surface area contributed by atoms with Crippen molar-refractivity contribution < 1.29 is 27.5 Å². The average molecular weight is 543 g/mol. The predicted octanol–water partition coefficient (Wildman–Crippen LogP) is 1.64. The van der Waals surface area contributed by atoms with Gasteiger partial charge in [-0.05, 0) is 37.1 Å². The Hall–Kier alpha value is -1.21. The normalized spacial score (nSPS) is 22.4. The SMILES string of the molecule is Cl.Cl.O=C(NO)C1(S(=O)(=O)N2CCC(N3CCN(c4ccc(F)cc4)CC3)CC2)CCOCC1. The first-order valence-corrected chi connectivity index (χ1v) is 12.6. The van der Waals surface area contributed by atoms with Gasteiger partial charge in [-0.1, -0.05) is 0 Å². The molecule has 0 aromatic heterocycles. The zero-order valence-electron chi connectivity index (χ0n) is 18.9. The average Bonchev–Trinajstić information content (AvgIpc) is 2.84. The van der Waals surface area contributed by atoms with Gasteiger partial charge in [0, 0.05) is 77.1 Å². The van der Waals surface area contributed by atoms with Crippen LogP contribution in [0.2, 0.25) is 0 Å². The number of hydrogen-bond donors (Lipinski definition) is 2. The number of amides is 1. The van der Waals surface area contributed by atoms with E-state index in [0.29, 0.717) is 25.9 Å². The highest BCUT2D eigenvalue weighted by Crippen LogP contribution is 2.35. The van der Waals surface area contributed by atoms with Gasteiger partial charge in [-0.2, -0.15) is 0 Å². The number of ether oxygens (including phenoxy) is 1. The molecule has 0 radical (unpaired) electrons. The standard InChI is InChI=1S/C21H31FN4O5S.2ClH/c22-17-1-3-18(4-2-17)24-11-13-25(14-12-24)19-5-9-26(10-6-19)32(29,30)21(20(27)23-28)7-15-31-16-8-21;;/h1-4,19,28H,5-16H2,(H,23,27);2*1H. The van der Waals surface area contributed by atoms with E-state index in [-0.39, 0.29) is 62.7 Å². The molecular weight excluding hydrogens is 510 g/mol. The number of hydrogen-bond acceptors (Lipinski definition) is 7. The summed E-state index contributed by atoms with van der Waals surface area (Å²) in [4.78, 5) is 17.0. The smallest absolute Gasteiger partial charge is 0.266 e. The van der Waals surface area contributed by atoms with Gasteiger partial charge in [0.25, 0.3) is 5.91 Å². The fourth-order valence-corrected chi connectivity index (χ4v) is 7.25. The molecule has 0 spiro atoms. The van der Waals surface area contributed by atoms with E-state index in [1.807, 2.05) is 0 Å². The third kappa shape index (κ3) is 5.61. The molecule has 13 heteroatoms. The number of rotatable bonds is 5. The molecule has 0 saturated carbocycles. The Bertz CT molecular complexity index is 902. The first-order valence-electron chi connectivity index (χ1n) is 11.1. The molecule has 0 bridgehead atoms. The molecule has 1 amide bonds. The Morgan fingerprint density at radius 2 is 1.56 bits per heavy atom. The van der Waals surface area contributed by atoms with Crippen LogP contribution in [0, 0.1) is 5.82 Å². The van der Waals surface area contributed by atoms with Crippen molar-refractivity contribution in [2.75, 3.05) is 57.4 Å². The second-order valence-electron chi connectivity index (χ2n) is 8.68. The number of carbonyl (C=O) groups is 1. The van der Waals surface area contributed by atoms with Crippen molar-refractivity contribution in [3.63, 3.8) is 0 Å². The van der Waals surface area contributed by atoms with E-state index in [4.69, 9.17) is 4.74 Å². The van der Waals surface area contributed by atoms with Crippen LogP contribution < -0.4 is 10.4 Å². The molecule has 0 aliphatic carbocycles. The van der Waals surface area contributed by atoms with E-state index in [2.05, 4.69) is 9.80 Å². The molecule has 3 heterocycles. The Kier molecular flexibility index (Phi) is 10.4. The van der Waals surface area contributed by atoms with Crippen molar-refractivity contribution in [3.8, 4) is 0 Å². The van der Waals surface area contributed by atoms with Crippen molar-refractivity contribution in [2.45, 2.75) is 36.5 Å². The summed E-state index contributed by atoms with van der Waals surface area (Å²) >= 11 is 0. The summed E-state index contributed by atoms with van der Waals surface area (Å²) < 4.78 is 45.0. The minimum Gasteiger partial charge on any atom is -0.381 e. The highest BCUT2D eigenvalue weighted by atomic mass is 35.5. The first kappa shape index (κ1) is 29.0. The molecule has 3 aliphatic rings. The van der Waals surface area contributed by atoms with Gasteiger partial charge in [0.1, 0.15) is 5.82 Å². The lowest BCUT2D eigenvalue weighted by molar-refractivity contribution is -0.134. The van der Waals surface area contributed by atoms with Crippen LogP contribution in [-0.4, -0.2) is 92.0 Å². The van der Waals surface area contributed by atoms with E-state index in [0.717, 1.165) is 31.9 Å². The third-order valence-corrected chi connectivity index (χ3v) is 9.72. The molecular formula is C21H33Cl2FN4O5S. The van der Waals surface area contributed by atoms with Crippen molar-refractivity contribution >= 4 is 46.4 Å². The zero-order chi connectivity index (χ0) is 22.8. The molecule has 1 aromatic rings. The molecule has 1 aromatic carbocycles. The molecule has 3 fully saturated rings. The van der Waals surface area contributed by atoms with E-state index in [1.165, 1.54) is 16.4 Å². The van der Waals surface area contributed by atoms with Gasteiger partial charge in [-0.25, -0.2) is 22.6 Å². The minimum absolute atomic E-state index is 0. The van der Waals surface area contributed by atoms with Crippen molar-refractivity contribution in [1.82, 2.24) is 14.7 Å². The lowest BCUT2D eigenvalue weighted by atomic mass is 9.98. The molecule has 3 saturated heterocycles. The Balaban J connectivity index is 0.00000204. The predicted molar refractivity (Wildman–Crippen MR) is 131 cm³/mol. The van der Waals surface area contributed by atoms with Gasteiger partial charge in [-0.3, -0.25) is 14.9 Å². The monoisotopic (exact) mass is 542 g/mol. The zero-order valence-corrected chi connectivity index (χ0v) is 21.3. The second kappa shape index (κ2) is 12.2. The third-order valence-electron chi connectivity index (χ3n) is 7.10. The highest BCUT2D eigenvalue weighted by molar-refractivity contribution is 7.91. The number of halogens is 3. The van der Waals surface area contributed by atoms with Crippen LogP contribution >= 0.6 is 24.8 Å². The van der Waals surface area contributed by atoms with Crippen molar-refractivity contribution in [3.05, 3.63) is 30.1 Å². The Morgan fingerprint density at radius 3 is 2.09 bits per heavy atom. The summed E-state index contributed by atoms with van der Waals surface area (Å²) in [5.74, 6) is -1.12. The topological polar surface area (TPSA) is 102 Å². The number of hydroxylamine groups is 1. The summed E-state index contributed by atoms with van der Waals surface area (Å²) in [6.07, 6.45) is 1.46. The van der Waals surface area contributed by atoms with Crippen LogP contribution in [0.25, 0.3) is 0 Å². The fraction of sp³-hybridized carbons (Fsp3) is 0.667. The van der Waals surface area contributed by atoms with Crippen LogP contribution in [0.15, 0.2) is 24.3 Å². The summed E-state index contributed by atoms with van der Waals surface area (Å²) in [6.45, 7) is 4.45. The van der Waals surface area contributed by atoms with Crippen molar-refractivity contribution in [2.24, 2.45) is 0 Å². The summed E-state index contributed by atoms with van der Waals surface area (Å²) in [6, 6.07) is 6.82. The largest absolute Gasteiger partial charge is 0.381 e. The summed E-state index contributed by atoms with van der Waals surface area (Å²) in [7, 11) is -3.94. The van der Waals surface area contributed by atoms with Gasteiger partial charge >= 0.3 is 0 Å². The molecule has 3 aliphatic heterocycles. The molecule has 194 valence electrons. The maximum absolute atomic E-state index is 13.4. The second-order valence-corrected chi connectivity index (χ2v) is 10.9. The molecule has 0 unspecified atom stereocenters. The quantitative estimate of drug-likeness (QED) is 0.430. The summed E-state index contributed by atoms with van der Waals surface area (Å²) in [5.41, 5.74) is 2.58. The number of sulfonamides is 1. The Morgan fingerprint density at radius 1 is 1.00 bits per heavy atom. The van der Waals surface area contributed by atoms with Crippen LogP contribution in [-0.2, 0) is 19.6 Å².